The summed E-state index contributed by atoms with van der Waals surface area (Å²) in [5.74, 6) is 0.403. The molecule has 0 bridgehead atoms. The number of nitrogens with zero attached hydrogens (tertiary/aromatic N) is 4. The molecule has 31 heavy (non-hydrogen) atoms. The Morgan fingerprint density at radius 1 is 1.39 bits per heavy atom. The van der Waals surface area contributed by atoms with Crippen molar-refractivity contribution in [2.75, 3.05) is 39.4 Å². The number of aldehydes is 1. The molecule has 1 saturated heterocycles. The second-order valence-corrected chi connectivity index (χ2v) is 8.79. The summed E-state index contributed by atoms with van der Waals surface area (Å²) in [7, 11) is 0. The fraction of sp³-hybridized carbons (Fsp3) is 0.429. The maximum absolute atomic E-state index is 11.8. The van der Waals surface area contributed by atoms with Crippen LogP contribution in [0.3, 0.4) is 0 Å². The first-order valence-electron chi connectivity index (χ1n) is 10.3. The van der Waals surface area contributed by atoms with Gasteiger partial charge in [-0.25, -0.2) is 9.67 Å². The molecule has 2 aromatic rings. The molecule has 1 saturated carbocycles. The first-order chi connectivity index (χ1) is 15.1. The summed E-state index contributed by atoms with van der Waals surface area (Å²) < 4.78 is 7.16. The topological polar surface area (TPSA) is 115 Å². The number of ether oxygens (including phenoxy) is 1. The lowest BCUT2D eigenvalue weighted by Gasteiger charge is -2.26. The Morgan fingerprint density at radius 2 is 2.23 bits per heavy atom. The third-order valence-corrected chi connectivity index (χ3v) is 6.63. The van der Waals surface area contributed by atoms with Gasteiger partial charge in [-0.1, -0.05) is 12.2 Å². The molecule has 2 aliphatic carbocycles. The van der Waals surface area contributed by atoms with Crippen molar-refractivity contribution in [3.63, 3.8) is 0 Å². The van der Waals surface area contributed by atoms with Crippen LogP contribution in [-0.2, 0) is 10.3 Å². The summed E-state index contributed by atoms with van der Waals surface area (Å²) in [4.78, 5) is 29.7. The SMILES string of the molecule is NC1=CC2CC2(n2cncn2)C=C1.O=Cc1ccc(C(=O)NCCN2CCOCC2)s1. The Morgan fingerprint density at radius 3 is 2.90 bits per heavy atom. The van der Waals surface area contributed by atoms with Crippen molar-refractivity contribution in [3.05, 3.63) is 58.5 Å². The van der Waals surface area contributed by atoms with E-state index < -0.39 is 0 Å². The minimum atomic E-state index is -0.110. The normalized spacial score (nSPS) is 24.4. The number of hydrogen-bond acceptors (Lipinski definition) is 8. The molecular weight excluding hydrogens is 416 g/mol. The zero-order valence-electron chi connectivity index (χ0n) is 17.1. The fourth-order valence-corrected chi connectivity index (χ4v) is 4.50. The van der Waals surface area contributed by atoms with Crippen LogP contribution in [0.15, 0.2) is 48.7 Å². The molecule has 2 fully saturated rings. The van der Waals surface area contributed by atoms with Gasteiger partial charge in [-0.2, -0.15) is 5.10 Å². The van der Waals surface area contributed by atoms with Crippen molar-refractivity contribution in [1.29, 1.82) is 0 Å². The van der Waals surface area contributed by atoms with Crippen LogP contribution in [0.5, 0.6) is 0 Å². The monoisotopic (exact) mass is 442 g/mol. The maximum atomic E-state index is 11.8. The Kier molecular flexibility index (Phi) is 6.59. The molecule has 5 rings (SSSR count). The molecule has 2 aromatic heterocycles. The number of thiophene rings is 1. The van der Waals surface area contributed by atoms with Crippen LogP contribution >= 0.6 is 11.3 Å². The summed E-state index contributed by atoms with van der Waals surface area (Å²) >= 11 is 1.21. The molecule has 1 amide bonds. The van der Waals surface area contributed by atoms with Crippen molar-refractivity contribution in [2.24, 2.45) is 11.7 Å². The number of amides is 1. The van der Waals surface area contributed by atoms with Gasteiger partial charge in [0.15, 0.2) is 6.29 Å². The second kappa shape index (κ2) is 9.54. The highest BCUT2D eigenvalue weighted by Gasteiger charge is 2.54. The van der Waals surface area contributed by atoms with Gasteiger partial charge in [-0.15, -0.1) is 11.3 Å². The lowest BCUT2D eigenvalue weighted by atomic mass is 10.1. The highest BCUT2D eigenvalue weighted by atomic mass is 32.1. The Bertz CT molecular complexity index is 964. The van der Waals surface area contributed by atoms with Gasteiger partial charge < -0.3 is 15.8 Å². The number of allylic oxidation sites excluding steroid dienone is 3. The zero-order chi connectivity index (χ0) is 21.7. The number of fused-ring (bicyclic) bond motifs is 1. The van der Waals surface area contributed by atoms with Crippen LogP contribution in [0, 0.1) is 5.92 Å². The van der Waals surface area contributed by atoms with E-state index in [0.29, 0.717) is 22.2 Å². The van der Waals surface area contributed by atoms with Crippen molar-refractivity contribution in [2.45, 2.75) is 12.0 Å². The van der Waals surface area contributed by atoms with E-state index in [2.05, 4.69) is 32.5 Å². The smallest absolute Gasteiger partial charge is 0.261 e. The number of carbonyl (C=O) groups is 2. The van der Waals surface area contributed by atoms with E-state index in [1.165, 1.54) is 11.3 Å². The standard InChI is InChI=1S/C12H16N2O3S.C9H10N4/c15-9-10-1-2-11(18-10)12(16)13-3-4-14-5-7-17-8-6-14;10-8-1-2-9(4-7(9)3-8)13-6-11-5-12-13/h1-2,9H,3-8H2,(H,13,16);1-3,5-7H,4,10H2. The van der Waals surface area contributed by atoms with E-state index in [1.54, 1.807) is 24.8 Å². The number of nitrogens with one attached hydrogen (secondary N) is 1. The Hall–Kier alpha value is -2.82. The molecule has 3 N–H and O–H groups in total. The van der Waals surface area contributed by atoms with Gasteiger partial charge in [0.2, 0.25) is 0 Å². The molecule has 1 aliphatic heterocycles. The van der Waals surface area contributed by atoms with Gasteiger partial charge in [-0.3, -0.25) is 14.5 Å². The molecule has 164 valence electrons. The van der Waals surface area contributed by atoms with Crippen LogP contribution in [0.1, 0.15) is 25.8 Å². The van der Waals surface area contributed by atoms with Gasteiger partial charge >= 0.3 is 0 Å². The van der Waals surface area contributed by atoms with Crippen LogP contribution < -0.4 is 11.1 Å². The number of carbonyl (C=O) groups excluding carboxylic acids is 2. The van der Waals surface area contributed by atoms with Crippen LogP contribution in [0.4, 0.5) is 0 Å². The molecular formula is C21H26N6O3S. The van der Waals surface area contributed by atoms with Gasteiger partial charge in [0.25, 0.3) is 5.91 Å². The highest BCUT2D eigenvalue weighted by molar-refractivity contribution is 7.15. The predicted molar refractivity (Wildman–Crippen MR) is 117 cm³/mol. The average molecular weight is 443 g/mol. The van der Waals surface area contributed by atoms with Crippen LogP contribution in [0.25, 0.3) is 0 Å². The molecule has 10 heteroatoms. The lowest BCUT2D eigenvalue weighted by Crippen LogP contribution is -2.41. The summed E-state index contributed by atoms with van der Waals surface area (Å²) in [5.41, 5.74) is 6.61. The van der Waals surface area contributed by atoms with Gasteiger partial charge in [-0.05, 0) is 24.6 Å². The molecule has 0 spiro atoms. The average Bonchev–Trinajstić information content (AvgIpc) is 3.18. The minimum Gasteiger partial charge on any atom is -0.399 e. The van der Waals surface area contributed by atoms with Crippen molar-refractivity contribution in [3.8, 4) is 0 Å². The Balaban J connectivity index is 0.000000156. The van der Waals surface area contributed by atoms with Crippen LogP contribution in [-0.4, -0.2) is 71.3 Å². The van der Waals surface area contributed by atoms with Crippen molar-refractivity contribution < 1.29 is 14.3 Å². The number of hydrogen-bond donors (Lipinski definition) is 2. The molecule has 0 radical (unpaired) electrons. The number of nitrogens with two attached hydrogens (primary N) is 1. The van der Waals surface area contributed by atoms with Crippen molar-refractivity contribution >= 4 is 23.5 Å². The maximum Gasteiger partial charge on any atom is 0.261 e. The molecule has 2 unspecified atom stereocenters. The third kappa shape index (κ3) is 5.09. The Labute approximate surface area is 184 Å². The molecule has 3 heterocycles. The zero-order valence-corrected chi connectivity index (χ0v) is 18.0. The number of morpholine rings is 1. The first-order valence-corrected chi connectivity index (χ1v) is 11.1. The van der Waals surface area contributed by atoms with E-state index in [0.717, 1.165) is 51.3 Å². The van der Waals surface area contributed by atoms with E-state index >= 15 is 0 Å². The second-order valence-electron chi connectivity index (χ2n) is 7.67. The number of rotatable bonds is 6. The molecule has 2 atom stereocenters. The fourth-order valence-electron chi connectivity index (χ4n) is 3.76. The molecule has 0 aromatic carbocycles. The number of aromatic nitrogens is 3. The van der Waals surface area contributed by atoms with Gasteiger partial charge in [0, 0.05) is 37.8 Å². The van der Waals surface area contributed by atoms with E-state index in [9.17, 15) is 9.59 Å². The summed E-state index contributed by atoms with van der Waals surface area (Å²) in [5, 5.41) is 7.02. The highest BCUT2D eigenvalue weighted by Crippen LogP contribution is 2.53. The summed E-state index contributed by atoms with van der Waals surface area (Å²) in [6.45, 7) is 4.83. The van der Waals surface area contributed by atoms with E-state index in [-0.39, 0.29) is 11.4 Å². The van der Waals surface area contributed by atoms with Gasteiger partial charge in [0.1, 0.15) is 12.7 Å². The predicted octanol–water partition coefficient (Wildman–Crippen LogP) is 1.03. The largest absolute Gasteiger partial charge is 0.399 e. The van der Waals surface area contributed by atoms with E-state index in [4.69, 9.17) is 10.5 Å². The molecule has 3 aliphatic rings. The summed E-state index contributed by atoms with van der Waals surface area (Å²) in [6, 6.07) is 3.34. The third-order valence-electron chi connectivity index (χ3n) is 5.62. The lowest BCUT2D eigenvalue weighted by molar-refractivity contribution is 0.0383. The quantitative estimate of drug-likeness (QED) is 0.642. The summed E-state index contributed by atoms with van der Waals surface area (Å²) in [6.07, 6.45) is 11.4. The molecule has 9 nitrogen and oxygen atoms in total. The first kappa shape index (κ1) is 21.4. The van der Waals surface area contributed by atoms with Gasteiger partial charge in [0.05, 0.1) is 28.5 Å². The van der Waals surface area contributed by atoms with Crippen LogP contribution in [0.2, 0.25) is 0 Å². The minimum absolute atomic E-state index is 0.0549. The van der Waals surface area contributed by atoms with Crippen molar-refractivity contribution in [1.82, 2.24) is 25.0 Å². The van der Waals surface area contributed by atoms with E-state index in [1.807, 2.05) is 10.8 Å².